The van der Waals surface area contributed by atoms with Crippen molar-refractivity contribution < 1.29 is 9.84 Å². The van der Waals surface area contributed by atoms with E-state index in [4.69, 9.17) is 16.3 Å². The second-order valence-electron chi connectivity index (χ2n) is 3.47. The normalized spacial score (nSPS) is 23.7. The highest BCUT2D eigenvalue weighted by molar-refractivity contribution is 6.31. The summed E-state index contributed by atoms with van der Waals surface area (Å²) in [7, 11) is 0. The maximum atomic E-state index is 10.0. The van der Waals surface area contributed by atoms with Crippen LogP contribution in [0.15, 0.2) is 18.5 Å². The van der Waals surface area contributed by atoms with Crippen LogP contribution in [0.2, 0.25) is 5.02 Å². The Balaban J connectivity index is 2.17. The van der Waals surface area contributed by atoms with E-state index in [9.17, 15) is 5.11 Å². The van der Waals surface area contributed by atoms with Crippen LogP contribution in [0.4, 0.5) is 0 Å². The van der Waals surface area contributed by atoms with Crippen LogP contribution in [0.25, 0.3) is 0 Å². The quantitative estimate of drug-likeness (QED) is 0.815. The van der Waals surface area contributed by atoms with Crippen LogP contribution in [-0.2, 0) is 4.74 Å². The molecule has 4 heteroatoms. The Bertz CT molecular complexity index is 313. The van der Waals surface area contributed by atoms with E-state index < -0.39 is 6.10 Å². The number of halogens is 1. The largest absolute Gasteiger partial charge is 0.388 e. The minimum atomic E-state index is -0.534. The smallest absolute Gasteiger partial charge is 0.0856 e. The molecule has 1 aromatic rings. The Hall–Kier alpha value is -0.640. The standard InChI is InChI=1S/C10H12ClNO2/c11-9-5-12-3-1-8(9)10(13)7-2-4-14-6-7/h1,3,5,7,10,13H,2,4,6H2. The maximum Gasteiger partial charge on any atom is 0.0856 e. The number of ether oxygens (including phenoxy) is 1. The van der Waals surface area contributed by atoms with Gasteiger partial charge in [0.25, 0.3) is 0 Å². The van der Waals surface area contributed by atoms with Gasteiger partial charge in [0.1, 0.15) is 0 Å². The van der Waals surface area contributed by atoms with E-state index in [2.05, 4.69) is 4.98 Å². The third-order valence-corrected chi connectivity index (χ3v) is 2.85. The number of hydrogen-bond acceptors (Lipinski definition) is 3. The molecule has 2 unspecified atom stereocenters. The summed E-state index contributed by atoms with van der Waals surface area (Å²) in [5, 5.41) is 10.5. The van der Waals surface area contributed by atoms with Gasteiger partial charge in [0.2, 0.25) is 0 Å². The number of pyridine rings is 1. The molecule has 0 radical (unpaired) electrons. The number of aliphatic hydroxyl groups excluding tert-OH is 1. The Kier molecular flexibility index (Phi) is 3.01. The summed E-state index contributed by atoms with van der Waals surface area (Å²) in [6.07, 6.45) is 3.55. The molecule has 1 N–H and O–H groups in total. The lowest BCUT2D eigenvalue weighted by atomic mass is 9.96. The number of aromatic nitrogens is 1. The summed E-state index contributed by atoms with van der Waals surface area (Å²) in [4.78, 5) is 3.88. The van der Waals surface area contributed by atoms with Gasteiger partial charge in [-0.15, -0.1) is 0 Å². The van der Waals surface area contributed by atoms with Crippen LogP contribution < -0.4 is 0 Å². The van der Waals surface area contributed by atoms with Crippen molar-refractivity contribution >= 4 is 11.6 Å². The van der Waals surface area contributed by atoms with E-state index in [0.29, 0.717) is 11.6 Å². The molecule has 0 aliphatic carbocycles. The fraction of sp³-hybridized carbons (Fsp3) is 0.500. The molecule has 1 aliphatic heterocycles. The van der Waals surface area contributed by atoms with Gasteiger partial charge >= 0.3 is 0 Å². The molecule has 0 amide bonds. The average Bonchev–Trinajstić information content (AvgIpc) is 2.70. The molecule has 0 bridgehead atoms. The van der Waals surface area contributed by atoms with Crippen LogP contribution in [0.5, 0.6) is 0 Å². The highest BCUT2D eigenvalue weighted by Gasteiger charge is 2.26. The minimum absolute atomic E-state index is 0.162. The fourth-order valence-corrected chi connectivity index (χ4v) is 1.91. The molecule has 1 saturated heterocycles. The molecular weight excluding hydrogens is 202 g/mol. The number of aliphatic hydroxyl groups is 1. The van der Waals surface area contributed by atoms with Gasteiger partial charge in [0, 0.05) is 30.5 Å². The SMILES string of the molecule is OC(c1ccncc1Cl)C1CCOC1. The van der Waals surface area contributed by atoms with Gasteiger partial charge in [-0.05, 0) is 12.5 Å². The van der Waals surface area contributed by atoms with Crippen LogP contribution in [-0.4, -0.2) is 23.3 Å². The van der Waals surface area contributed by atoms with Crippen LogP contribution >= 0.6 is 11.6 Å². The van der Waals surface area contributed by atoms with Gasteiger partial charge in [-0.2, -0.15) is 0 Å². The van der Waals surface area contributed by atoms with Crippen molar-refractivity contribution in [3.63, 3.8) is 0 Å². The summed E-state index contributed by atoms with van der Waals surface area (Å²) < 4.78 is 5.22. The maximum absolute atomic E-state index is 10.0. The lowest BCUT2D eigenvalue weighted by molar-refractivity contribution is 0.0918. The molecule has 14 heavy (non-hydrogen) atoms. The van der Waals surface area contributed by atoms with E-state index >= 15 is 0 Å². The first-order valence-corrected chi connectivity index (χ1v) is 5.02. The highest BCUT2D eigenvalue weighted by Crippen LogP contribution is 2.31. The van der Waals surface area contributed by atoms with Crippen LogP contribution in [0.3, 0.4) is 0 Å². The van der Waals surface area contributed by atoms with Gasteiger partial charge < -0.3 is 9.84 Å². The van der Waals surface area contributed by atoms with Crippen molar-refractivity contribution in [2.24, 2.45) is 5.92 Å². The van der Waals surface area contributed by atoms with E-state index in [1.54, 1.807) is 18.5 Å². The predicted octanol–water partition coefficient (Wildman–Crippen LogP) is 1.80. The molecule has 1 aliphatic rings. The van der Waals surface area contributed by atoms with Crippen molar-refractivity contribution in [3.05, 3.63) is 29.0 Å². The molecule has 76 valence electrons. The summed E-state index contributed by atoms with van der Waals surface area (Å²) in [6.45, 7) is 1.34. The molecule has 2 atom stereocenters. The Labute approximate surface area is 87.7 Å². The molecule has 2 heterocycles. The first-order valence-electron chi connectivity index (χ1n) is 4.64. The van der Waals surface area contributed by atoms with Crippen LogP contribution in [0.1, 0.15) is 18.1 Å². The summed E-state index contributed by atoms with van der Waals surface area (Å²) in [5.74, 6) is 0.162. The van der Waals surface area contributed by atoms with Crippen molar-refractivity contribution in [1.29, 1.82) is 0 Å². The lowest BCUT2D eigenvalue weighted by Gasteiger charge is -2.17. The first-order chi connectivity index (χ1) is 6.79. The van der Waals surface area contributed by atoms with E-state index in [1.165, 1.54) is 0 Å². The third-order valence-electron chi connectivity index (χ3n) is 2.53. The average molecular weight is 214 g/mol. The zero-order valence-corrected chi connectivity index (χ0v) is 8.44. The van der Waals surface area contributed by atoms with Gasteiger partial charge in [-0.1, -0.05) is 11.6 Å². The summed E-state index contributed by atoms with van der Waals surface area (Å²) in [6, 6.07) is 1.76. The molecule has 1 fully saturated rings. The predicted molar refractivity (Wildman–Crippen MR) is 53.1 cm³/mol. The highest BCUT2D eigenvalue weighted by atomic mass is 35.5. The van der Waals surface area contributed by atoms with Crippen molar-refractivity contribution in [1.82, 2.24) is 4.98 Å². The van der Waals surface area contributed by atoms with Crippen molar-refractivity contribution in [3.8, 4) is 0 Å². The Morgan fingerprint density at radius 2 is 2.50 bits per heavy atom. The van der Waals surface area contributed by atoms with Gasteiger partial charge in [0.15, 0.2) is 0 Å². The monoisotopic (exact) mass is 213 g/mol. The first kappa shape index (κ1) is 9.90. The zero-order chi connectivity index (χ0) is 9.97. The van der Waals surface area contributed by atoms with Crippen molar-refractivity contribution in [2.75, 3.05) is 13.2 Å². The Morgan fingerprint density at radius 3 is 3.14 bits per heavy atom. The molecular formula is C10H12ClNO2. The van der Waals surface area contributed by atoms with E-state index in [0.717, 1.165) is 18.6 Å². The molecule has 0 spiro atoms. The van der Waals surface area contributed by atoms with Gasteiger partial charge in [0.05, 0.1) is 17.7 Å². The second kappa shape index (κ2) is 4.26. The van der Waals surface area contributed by atoms with E-state index in [-0.39, 0.29) is 5.92 Å². The minimum Gasteiger partial charge on any atom is -0.388 e. The summed E-state index contributed by atoms with van der Waals surface area (Å²) in [5.41, 5.74) is 0.747. The topological polar surface area (TPSA) is 42.4 Å². The molecule has 2 rings (SSSR count). The molecule has 3 nitrogen and oxygen atoms in total. The van der Waals surface area contributed by atoms with E-state index in [1.807, 2.05) is 0 Å². The number of nitrogens with zero attached hydrogens (tertiary/aromatic N) is 1. The Morgan fingerprint density at radius 1 is 1.64 bits per heavy atom. The summed E-state index contributed by atoms with van der Waals surface area (Å²) >= 11 is 5.93. The fourth-order valence-electron chi connectivity index (χ4n) is 1.68. The van der Waals surface area contributed by atoms with Gasteiger partial charge in [-0.25, -0.2) is 0 Å². The zero-order valence-electron chi connectivity index (χ0n) is 7.69. The molecule has 0 aromatic carbocycles. The van der Waals surface area contributed by atoms with Crippen molar-refractivity contribution in [2.45, 2.75) is 12.5 Å². The second-order valence-corrected chi connectivity index (χ2v) is 3.87. The third kappa shape index (κ3) is 1.90. The molecule has 0 saturated carbocycles. The lowest BCUT2D eigenvalue weighted by Crippen LogP contribution is -2.12. The van der Waals surface area contributed by atoms with Crippen LogP contribution in [0, 0.1) is 5.92 Å². The molecule has 1 aromatic heterocycles. The number of rotatable bonds is 2. The van der Waals surface area contributed by atoms with Gasteiger partial charge in [-0.3, -0.25) is 4.98 Å². The number of hydrogen-bond donors (Lipinski definition) is 1.